The van der Waals surface area contributed by atoms with Crippen LogP contribution in [0.4, 0.5) is 11.5 Å². The highest BCUT2D eigenvalue weighted by Gasteiger charge is 2.08. The lowest BCUT2D eigenvalue weighted by Crippen LogP contribution is -2.16. The van der Waals surface area contributed by atoms with Crippen molar-refractivity contribution in [1.29, 1.82) is 0 Å². The third-order valence-corrected chi connectivity index (χ3v) is 2.55. The molecule has 1 heterocycles. The first-order valence-corrected chi connectivity index (χ1v) is 6.21. The minimum Gasteiger partial charge on any atom is -0.494 e. The summed E-state index contributed by atoms with van der Waals surface area (Å²) in [4.78, 5) is 16.1. The van der Waals surface area contributed by atoms with Crippen molar-refractivity contribution in [3.8, 4) is 5.75 Å². The third kappa shape index (κ3) is 3.46. The van der Waals surface area contributed by atoms with Gasteiger partial charge in [-0.25, -0.2) is 10.8 Å². The van der Waals surface area contributed by atoms with Gasteiger partial charge in [0.1, 0.15) is 17.3 Å². The van der Waals surface area contributed by atoms with E-state index in [1.54, 1.807) is 42.5 Å². The Morgan fingerprint density at radius 2 is 2.00 bits per heavy atom. The maximum atomic E-state index is 12.0. The van der Waals surface area contributed by atoms with E-state index < -0.39 is 0 Å². The fraction of sp³-hybridized carbons (Fsp3) is 0.143. The number of amides is 1. The van der Waals surface area contributed by atoms with Gasteiger partial charge in [-0.15, -0.1) is 0 Å². The Morgan fingerprint density at radius 3 is 2.65 bits per heavy atom. The van der Waals surface area contributed by atoms with Crippen LogP contribution in [0.15, 0.2) is 42.5 Å². The van der Waals surface area contributed by atoms with Gasteiger partial charge < -0.3 is 15.5 Å². The number of carbonyl (C=O) groups excluding carboxylic acids is 1. The average molecular weight is 272 g/mol. The Hall–Kier alpha value is -2.60. The lowest BCUT2D eigenvalue weighted by Gasteiger charge is -2.07. The molecular weight excluding hydrogens is 256 g/mol. The van der Waals surface area contributed by atoms with Crippen molar-refractivity contribution in [1.82, 2.24) is 4.98 Å². The Kier molecular flexibility index (Phi) is 4.52. The average Bonchev–Trinajstić information content (AvgIpc) is 2.49. The van der Waals surface area contributed by atoms with Crippen LogP contribution in [0.5, 0.6) is 5.75 Å². The van der Waals surface area contributed by atoms with Crippen molar-refractivity contribution >= 4 is 17.4 Å². The number of aromatic nitrogens is 1. The van der Waals surface area contributed by atoms with Crippen molar-refractivity contribution < 1.29 is 9.53 Å². The van der Waals surface area contributed by atoms with Crippen LogP contribution in [-0.2, 0) is 0 Å². The second-order valence-electron chi connectivity index (χ2n) is 3.96. The molecular formula is C14H16N4O2. The molecule has 0 atom stereocenters. The maximum absolute atomic E-state index is 12.0. The van der Waals surface area contributed by atoms with E-state index in [2.05, 4.69) is 15.7 Å². The van der Waals surface area contributed by atoms with Crippen LogP contribution in [0.1, 0.15) is 17.4 Å². The molecule has 1 amide bonds. The Bertz CT molecular complexity index is 584. The number of benzene rings is 1. The molecule has 0 spiro atoms. The fourth-order valence-corrected chi connectivity index (χ4v) is 1.64. The predicted molar refractivity (Wildman–Crippen MR) is 77.6 cm³/mol. The molecule has 0 radical (unpaired) electrons. The van der Waals surface area contributed by atoms with E-state index in [1.807, 2.05) is 6.92 Å². The highest BCUT2D eigenvalue weighted by Crippen LogP contribution is 2.16. The van der Waals surface area contributed by atoms with Gasteiger partial charge in [-0.1, -0.05) is 6.07 Å². The summed E-state index contributed by atoms with van der Waals surface area (Å²) >= 11 is 0. The van der Waals surface area contributed by atoms with Gasteiger partial charge in [0, 0.05) is 5.69 Å². The normalized spacial score (nSPS) is 9.90. The maximum Gasteiger partial charge on any atom is 0.274 e. The number of pyridine rings is 1. The Balaban J connectivity index is 2.06. The first-order chi connectivity index (χ1) is 9.72. The van der Waals surface area contributed by atoms with Crippen LogP contribution in [0.3, 0.4) is 0 Å². The van der Waals surface area contributed by atoms with E-state index in [4.69, 9.17) is 10.6 Å². The number of nitrogens with zero attached hydrogens (tertiary/aromatic N) is 1. The number of rotatable bonds is 5. The summed E-state index contributed by atoms with van der Waals surface area (Å²) in [5.41, 5.74) is 3.36. The molecule has 20 heavy (non-hydrogen) atoms. The van der Waals surface area contributed by atoms with Crippen LogP contribution >= 0.6 is 0 Å². The number of carbonyl (C=O) groups is 1. The summed E-state index contributed by atoms with van der Waals surface area (Å²) in [5.74, 6) is 6.16. The van der Waals surface area contributed by atoms with E-state index in [0.717, 1.165) is 5.75 Å². The molecule has 0 bridgehead atoms. The van der Waals surface area contributed by atoms with E-state index >= 15 is 0 Å². The van der Waals surface area contributed by atoms with Gasteiger partial charge in [0.15, 0.2) is 0 Å². The van der Waals surface area contributed by atoms with Gasteiger partial charge in [0.25, 0.3) is 5.91 Å². The zero-order chi connectivity index (χ0) is 14.4. The standard InChI is InChI=1S/C14H16N4O2/c1-2-20-11-8-6-10(7-9-11)16-14(19)12-4-3-5-13(17-12)18-15/h3-9H,2,15H2,1H3,(H,16,19)(H,17,18). The van der Waals surface area contributed by atoms with Gasteiger partial charge in [0.2, 0.25) is 0 Å². The first-order valence-electron chi connectivity index (χ1n) is 6.21. The molecule has 0 saturated heterocycles. The van der Waals surface area contributed by atoms with Crippen molar-refractivity contribution in [2.45, 2.75) is 6.92 Å². The van der Waals surface area contributed by atoms with Crippen LogP contribution in [0.25, 0.3) is 0 Å². The summed E-state index contributed by atoms with van der Waals surface area (Å²) in [7, 11) is 0. The molecule has 0 aliphatic heterocycles. The molecule has 6 heteroatoms. The summed E-state index contributed by atoms with van der Waals surface area (Å²) in [6.07, 6.45) is 0. The largest absolute Gasteiger partial charge is 0.494 e. The summed E-state index contributed by atoms with van der Waals surface area (Å²) in [5, 5.41) is 2.75. The van der Waals surface area contributed by atoms with E-state index in [1.165, 1.54) is 0 Å². The fourth-order valence-electron chi connectivity index (χ4n) is 1.64. The number of hydrazine groups is 1. The molecule has 104 valence electrons. The number of anilines is 2. The molecule has 0 aliphatic carbocycles. The van der Waals surface area contributed by atoms with Crippen LogP contribution < -0.4 is 21.3 Å². The molecule has 0 aliphatic rings. The predicted octanol–water partition coefficient (Wildman–Crippen LogP) is 2.02. The van der Waals surface area contributed by atoms with Crippen molar-refractivity contribution in [3.63, 3.8) is 0 Å². The van der Waals surface area contributed by atoms with Crippen molar-refractivity contribution in [3.05, 3.63) is 48.2 Å². The SMILES string of the molecule is CCOc1ccc(NC(=O)c2cccc(NN)n2)cc1. The van der Waals surface area contributed by atoms with Gasteiger partial charge >= 0.3 is 0 Å². The molecule has 0 fully saturated rings. The Morgan fingerprint density at radius 1 is 1.25 bits per heavy atom. The van der Waals surface area contributed by atoms with E-state index in [0.29, 0.717) is 18.1 Å². The third-order valence-electron chi connectivity index (χ3n) is 2.55. The van der Waals surface area contributed by atoms with Crippen LogP contribution in [0.2, 0.25) is 0 Å². The van der Waals surface area contributed by atoms with Gasteiger partial charge in [0.05, 0.1) is 6.61 Å². The smallest absolute Gasteiger partial charge is 0.274 e. The topological polar surface area (TPSA) is 89.3 Å². The lowest BCUT2D eigenvalue weighted by molar-refractivity contribution is 0.102. The minimum absolute atomic E-state index is 0.286. The first kappa shape index (κ1) is 13.8. The highest BCUT2D eigenvalue weighted by atomic mass is 16.5. The molecule has 4 N–H and O–H groups in total. The molecule has 1 aromatic heterocycles. The molecule has 2 rings (SSSR count). The van der Waals surface area contributed by atoms with Gasteiger partial charge in [-0.2, -0.15) is 0 Å². The second kappa shape index (κ2) is 6.53. The number of nitrogens with two attached hydrogens (primary N) is 1. The van der Waals surface area contributed by atoms with Crippen molar-refractivity contribution in [2.24, 2.45) is 5.84 Å². The quantitative estimate of drug-likeness (QED) is 0.572. The minimum atomic E-state index is -0.300. The monoisotopic (exact) mass is 272 g/mol. The number of ether oxygens (including phenoxy) is 1. The number of hydrogen-bond donors (Lipinski definition) is 3. The zero-order valence-electron chi connectivity index (χ0n) is 11.1. The Labute approximate surface area is 116 Å². The van der Waals surface area contributed by atoms with Gasteiger partial charge in [-0.05, 0) is 43.3 Å². The van der Waals surface area contributed by atoms with Crippen LogP contribution in [0, 0.1) is 0 Å². The van der Waals surface area contributed by atoms with Gasteiger partial charge in [-0.3, -0.25) is 4.79 Å². The second-order valence-corrected chi connectivity index (χ2v) is 3.96. The molecule has 0 saturated carbocycles. The number of hydrogen-bond acceptors (Lipinski definition) is 5. The number of nitrogens with one attached hydrogen (secondary N) is 2. The molecule has 6 nitrogen and oxygen atoms in total. The lowest BCUT2D eigenvalue weighted by atomic mass is 10.2. The van der Waals surface area contributed by atoms with Crippen molar-refractivity contribution in [2.75, 3.05) is 17.3 Å². The van der Waals surface area contributed by atoms with Crippen LogP contribution in [-0.4, -0.2) is 17.5 Å². The summed E-state index contributed by atoms with van der Waals surface area (Å²) < 4.78 is 5.33. The molecule has 2 aromatic rings. The van der Waals surface area contributed by atoms with E-state index in [9.17, 15) is 4.79 Å². The number of nitrogen functional groups attached to an aromatic ring is 1. The highest BCUT2D eigenvalue weighted by molar-refractivity contribution is 6.03. The molecule has 0 unspecified atom stereocenters. The summed E-state index contributed by atoms with van der Waals surface area (Å²) in [6, 6.07) is 12.1. The van der Waals surface area contributed by atoms with E-state index in [-0.39, 0.29) is 11.6 Å². The summed E-state index contributed by atoms with van der Waals surface area (Å²) in [6.45, 7) is 2.52. The zero-order valence-corrected chi connectivity index (χ0v) is 11.1. The molecule has 1 aromatic carbocycles.